The Bertz CT molecular complexity index is 1170. The van der Waals surface area contributed by atoms with Crippen LogP contribution >= 0.6 is 0 Å². The van der Waals surface area contributed by atoms with Gasteiger partial charge in [0, 0.05) is 11.1 Å². The van der Waals surface area contributed by atoms with Gasteiger partial charge in [-0.25, -0.2) is 9.59 Å². The smallest absolute Gasteiger partial charge is 0.338 e. The lowest BCUT2D eigenvalue weighted by Gasteiger charge is -2.07. The van der Waals surface area contributed by atoms with Crippen molar-refractivity contribution in [3.8, 4) is 28.0 Å². The van der Waals surface area contributed by atoms with E-state index in [1.165, 1.54) is 6.26 Å². The van der Waals surface area contributed by atoms with Crippen molar-refractivity contribution in [2.24, 2.45) is 0 Å². The molecule has 0 unspecified atom stereocenters. The summed E-state index contributed by atoms with van der Waals surface area (Å²) in [6.07, 6.45) is 3.09. The molecule has 0 N–H and O–H groups in total. The maximum Gasteiger partial charge on any atom is 0.338 e. The Morgan fingerprint density at radius 2 is 1.06 bits per heavy atom. The van der Waals surface area contributed by atoms with Gasteiger partial charge < -0.3 is 9.47 Å². The summed E-state index contributed by atoms with van der Waals surface area (Å²) < 4.78 is 10.2. The third kappa shape index (κ3) is 5.92. The summed E-state index contributed by atoms with van der Waals surface area (Å²) in [6.45, 7) is 10.3. The SMILES string of the molecule is C=C(C)C(=O)O/C=C/c1ccc(-c2ccc(-c3ccc(OC(=O)C(=C)C)cc3)cc2)cc1. The van der Waals surface area contributed by atoms with Gasteiger partial charge in [-0.2, -0.15) is 0 Å². The van der Waals surface area contributed by atoms with Crippen molar-refractivity contribution < 1.29 is 19.1 Å². The van der Waals surface area contributed by atoms with Crippen LogP contribution < -0.4 is 4.74 Å². The monoisotopic (exact) mass is 424 g/mol. The highest BCUT2D eigenvalue weighted by atomic mass is 16.5. The van der Waals surface area contributed by atoms with Crippen LogP contribution in [0.15, 0.2) is 103 Å². The van der Waals surface area contributed by atoms with Crippen LogP contribution in [0.3, 0.4) is 0 Å². The number of hydrogen-bond acceptors (Lipinski definition) is 4. The second-order valence-corrected chi connectivity index (χ2v) is 7.38. The molecule has 0 bridgehead atoms. The standard InChI is InChI=1S/C28H24O4/c1-19(2)27(29)31-18-17-21-5-7-22(8-6-21)23-9-11-24(12-10-23)25-13-15-26(16-14-25)32-28(30)20(3)4/h5-18H,1,3H2,2,4H3/b18-17+. The van der Waals surface area contributed by atoms with Gasteiger partial charge in [-0.05, 0) is 59.9 Å². The predicted octanol–water partition coefficient (Wildman–Crippen LogP) is 6.59. The van der Waals surface area contributed by atoms with E-state index in [-0.39, 0.29) is 0 Å². The molecule has 0 aromatic heterocycles. The molecule has 0 aliphatic heterocycles. The Morgan fingerprint density at radius 3 is 1.50 bits per heavy atom. The van der Waals surface area contributed by atoms with Crippen LogP contribution in [-0.4, -0.2) is 11.9 Å². The first-order valence-corrected chi connectivity index (χ1v) is 10.0. The Balaban J connectivity index is 1.66. The molecule has 0 saturated heterocycles. The molecule has 3 aromatic carbocycles. The van der Waals surface area contributed by atoms with Crippen molar-refractivity contribution in [1.29, 1.82) is 0 Å². The number of carbonyl (C=O) groups is 2. The molecule has 32 heavy (non-hydrogen) atoms. The van der Waals surface area contributed by atoms with Gasteiger partial charge in [0.15, 0.2) is 0 Å². The van der Waals surface area contributed by atoms with Gasteiger partial charge in [-0.15, -0.1) is 0 Å². The van der Waals surface area contributed by atoms with E-state index in [1.54, 1.807) is 32.1 Å². The number of rotatable bonds is 7. The summed E-state index contributed by atoms with van der Waals surface area (Å²) in [5.41, 5.74) is 5.89. The minimum atomic E-state index is -0.444. The number of hydrogen-bond donors (Lipinski definition) is 0. The van der Waals surface area contributed by atoms with Gasteiger partial charge >= 0.3 is 11.9 Å². The Hall–Kier alpha value is -4.18. The maximum absolute atomic E-state index is 11.6. The lowest BCUT2D eigenvalue weighted by Crippen LogP contribution is -2.07. The van der Waals surface area contributed by atoms with Gasteiger partial charge in [-0.3, -0.25) is 0 Å². The van der Waals surface area contributed by atoms with Crippen molar-refractivity contribution in [2.75, 3.05) is 0 Å². The van der Waals surface area contributed by atoms with E-state index in [0.29, 0.717) is 16.9 Å². The topological polar surface area (TPSA) is 52.6 Å². The van der Waals surface area contributed by atoms with Crippen molar-refractivity contribution in [3.05, 3.63) is 109 Å². The molecule has 0 radical (unpaired) electrons. The van der Waals surface area contributed by atoms with Crippen molar-refractivity contribution in [1.82, 2.24) is 0 Å². The summed E-state index contributed by atoms with van der Waals surface area (Å²) >= 11 is 0. The largest absolute Gasteiger partial charge is 0.431 e. The fourth-order valence-electron chi connectivity index (χ4n) is 2.83. The van der Waals surface area contributed by atoms with Gasteiger partial charge in [0.2, 0.25) is 0 Å². The van der Waals surface area contributed by atoms with Crippen molar-refractivity contribution >= 4 is 18.0 Å². The Kier molecular flexibility index (Phi) is 7.19. The summed E-state index contributed by atoms with van der Waals surface area (Å²) in [5, 5.41) is 0. The van der Waals surface area contributed by atoms with Crippen LogP contribution in [0.25, 0.3) is 28.3 Å². The Morgan fingerprint density at radius 1 is 0.656 bits per heavy atom. The molecule has 0 spiro atoms. The van der Waals surface area contributed by atoms with Gasteiger partial charge in [0.1, 0.15) is 5.75 Å². The Labute approximate surface area is 188 Å². The van der Waals surface area contributed by atoms with Crippen LogP contribution in [0.2, 0.25) is 0 Å². The minimum absolute atomic E-state index is 0.357. The first kappa shape index (κ1) is 22.5. The normalized spacial score (nSPS) is 10.6. The quantitative estimate of drug-likeness (QED) is 0.186. The molecule has 4 heteroatoms. The summed E-state index contributed by atoms with van der Waals surface area (Å²) in [5.74, 6) is -0.390. The molecular formula is C28H24O4. The third-order valence-corrected chi connectivity index (χ3v) is 4.66. The van der Waals surface area contributed by atoms with E-state index in [1.807, 2.05) is 36.4 Å². The van der Waals surface area contributed by atoms with Crippen LogP contribution in [0, 0.1) is 0 Å². The van der Waals surface area contributed by atoms with Crippen LogP contribution in [0.5, 0.6) is 5.75 Å². The van der Waals surface area contributed by atoms with Gasteiger partial charge in [-0.1, -0.05) is 73.8 Å². The molecule has 4 nitrogen and oxygen atoms in total. The zero-order valence-electron chi connectivity index (χ0n) is 18.1. The summed E-state index contributed by atoms with van der Waals surface area (Å²) in [6, 6.07) is 23.5. The van der Waals surface area contributed by atoms with E-state index < -0.39 is 11.9 Å². The number of carbonyl (C=O) groups excluding carboxylic acids is 2. The molecule has 3 rings (SSSR count). The lowest BCUT2D eigenvalue weighted by molar-refractivity contribution is -0.133. The predicted molar refractivity (Wildman–Crippen MR) is 128 cm³/mol. The first-order chi connectivity index (χ1) is 15.3. The zero-order chi connectivity index (χ0) is 23.1. The first-order valence-electron chi connectivity index (χ1n) is 10.0. The molecule has 160 valence electrons. The fraction of sp³-hybridized carbons (Fsp3) is 0.0714. The average Bonchev–Trinajstić information content (AvgIpc) is 2.80. The van der Waals surface area contributed by atoms with Crippen LogP contribution in [-0.2, 0) is 14.3 Å². The molecule has 3 aromatic rings. The van der Waals surface area contributed by atoms with Crippen LogP contribution in [0.1, 0.15) is 19.4 Å². The second kappa shape index (κ2) is 10.2. The lowest BCUT2D eigenvalue weighted by atomic mass is 9.99. The minimum Gasteiger partial charge on any atom is -0.431 e. The molecular weight excluding hydrogens is 400 g/mol. The molecule has 0 fully saturated rings. The molecule has 0 heterocycles. The third-order valence-electron chi connectivity index (χ3n) is 4.66. The fourth-order valence-corrected chi connectivity index (χ4v) is 2.83. The highest BCUT2D eigenvalue weighted by molar-refractivity contribution is 5.89. The second-order valence-electron chi connectivity index (χ2n) is 7.38. The highest BCUT2D eigenvalue weighted by Crippen LogP contribution is 2.27. The van der Waals surface area contributed by atoms with Crippen LogP contribution in [0.4, 0.5) is 0 Å². The van der Waals surface area contributed by atoms with Gasteiger partial charge in [0.05, 0.1) is 6.26 Å². The molecule has 0 atom stereocenters. The molecule has 0 aliphatic carbocycles. The van der Waals surface area contributed by atoms with Crippen molar-refractivity contribution in [3.63, 3.8) is 0 Å². The highest BCUT2D eigenvalue weighted by Gasteiger charge is 2.06. The van der Waals surface area contributed by atoms with E-state index in [9.17, 15) is 9.59 Å². The zero-order valence-corrected chi connectivity index (χ0v) is 18.1. The molecule has 0 amide bonds. The summed E-state index contributed by atoms with van der Waals surface area (Å²) in [7, 11) is 0. The molecule has 0 aliphatic rings. The van der Waals surface area contributed by atoms with Crippen molar-refractivity contribution in [2.45, 2.75) is 13.8 Å². The van der Waals surface area contributed by atoms with E-state index >= 15 is 0 Å². The summed E-state index contributed by atoms with van der Waals surface area (Å²) in [4.78, 5) is 23.0. The van der Waals surface area contributed by atoms with E-state index in [0.717, 1.165) is 27.8 Å². The molecule has 0 saturated carbocycles. The van der Waals surface area contributed by atoms with E-state index in [2.05, 4.69) is 37.4 Å². The van der Waals surface area contributed by atoms with E-state index in [4.69, 9.17) is 9.47 Å². The average molecular weight is 424 g/mol. The number of esters is 2. The van der Waals surface area contributed by atoms with Gasteiger partial charge in [0.25, 0.3) is 0 Å². The maximum atomic E-state index is 11.6. The number of benzene rings is 3. The number of ether oxygens (including phenoxy) is 2.